The summed E-state index contributed by atoms with van der Waals surface area (Å²) in [5.41, 5.74) is 0. The fourth-order valence-electron chi connectivity index (χ4n) is 2.98. The Labute approximate surface area is 178 Å². The van der Waals surface area contributed by atoms with Crippen molar-refractivity contribution in [2.45, 2.75) is 42.2 Å². The third kappa shape index (κ3) is 5.92. The van der Waals surface area contributed by atoms with Gasteiger partial charge in [-0.3, -0.25) is 4.79 Å². The second-order valence-electron chi connectivity index (χ2n) is 6.71. The van der Waals surface area contributed by atoms with Crippen LogP contribution in [-0.4, -0.2) is 84.8 Å². The van der Waals surface area contributed by atoms with Crippen LogP contribution < -0.4 is 14.8 Å². The molecule has 0 aromatic heterocycles. The van der Waals surface area contributed by atoms with E-state index >= 15 is 0 Å². The van der Waals surface area contributed by atoms with Crippen molar-refractivity contribution in [2.75, 3.05) is 13.7 Å². The van der Waals surface area contributed by atoms with Gasteiger partial charge in [-0.2, -0.15) is 0 Å². The minimum absolute atomic E-state index is 0.167. The Morgan fingerprint density at radius 1 is 1.23 bits per heavy atom. The van der Waals surface area contributed by atoms with Gasteiger partial charge in [0.05, 0.1) is 30.7 Å². The molecule has 0 radical (unpaired) electrons. The van der Waals surface area contributed by atoms with Gasteiger partial charge in [0, 0.05) is 6.92 Å². The fourth-order valence-corrected chi connectivity index (χ4v) is 4.18. The molecule has 0 aliphatic carbocycles. The molecule has 0 spiro atoms. The van der Waals surface area contributed by atoms with Gasteiger partial charge in [-0.25, -0.2) is 17.9 Å². The first kappa shape index (κ1) is 24.6. The molecule has 1 amide bonds. The van der Waals surface area contributed by atoms with Crippen LogP contribution in [0.25, 0.3) is 0 Å². The van der Waals surface area contributed by atoms with Gasteiger partial charge in [0.25, 0.3) is 0 Å². The molecule has 6 N–H and O–H groups in total. The lowest BCUT2D eigenvalue weighted by molar-refractivity contribution is -0.146. The molecule has 1 aliphatic heterocycles. The summed E-state index contributed by atoms with van der Waals surface area (Å²) in [4.78, 5) is 23.0. The van der Waals surface area contributed by atoms with Gasteiger partial charge in [0.1, 0.15) is 24.1 Å². The van der Waals surface area contributed by atoms with E-state index in [2.05, 4.69) is 10.0 Å². The maximum absolute atomic E-state index is 12.8. The van der Waals surface area contributed by atoms with Gasteiger partial charge in [-0.1, -0.05) is 0 Å². The number of hydrogen-bond donors (Lipinski definition) is 6. The number of carbonyl (C=O) groups is 2. The molecule has 0 fully saturated rings. The largest absolute Gasteiger partial charge is 0.497 e. The highest BCUT2D eigenvalue weighted by atomic mass is 32.2. The number of sulfonamides is 1. The minimum atomic E-state index is -4.22. The Hall–Kier alpha value is -2.71. The van der Waals surface area contributed by atoms with E-state index < -0.39 is 64.7 Å². The topological polar surface area (TPSA) is 192 Å². The number of benzene rings is 1. The molecular formula is C18H24N2O10S. The maximum atomic E-state index is 12.8. The number of aliphatic hydroxyl groups excluding tert-OH is 3. The highest BCUT2D eigenvalue weighted by molar-refractivity contribution is 7.89. The summed E-state index contributed by atoms with van der Waals surface area (Å²) in [6.07, 6.45) is -4.25. The molecule has 0 bridgehead atoms. The third-order valence-corrected chi connectivity index (χ3v) is 5.97. The molecule has 1 aliphatic rings. The lowest BCUT2D eigenvalue weighted by atomic mass is 9.92. The Balaban J connectivity index is 2.46. The van der Waals surface area contributed by atoms with Crippen molar-refractivity contribution >= 4 is 21.9 Å². The zero-order valence-electron chi connectivity index (χ0n) is 16.6. The molecule has 2 rings (SSSR count). The minimum Gasteiger partial charge on any atom is -0.497 e. The highest BCUT2D eigenvalue weighted by Gasteiger charge is 2.44. The van der Waals surface area contributed by atoms with Crippen LogP contribution in [0.2, 0.25) is 0 Å². The maximum Gasteiger partial charge on any atom is 0.370 e. The zero-order chi connectivity index (χ0) is 23.3. The van der Waals surface area contributed by atoms with E-state index in [0.29, 0.717) is 5.75 Å². The lowest BCUT2D eigenvalue weighted by Gasteiger charge is -2.39. The molecule has 0 saturated carbocycles. The molecule has 5 atom stereocenters. The first-order valence-electron chi connectivity index (χ1n) is 9.02. The number of carbonyl (C=O) groups excluding carboxylic acids is 1. The van der Waals surface area contributed by atoms with Crippen LogP contribution in [0.15, 0.2) is 41.0 Å². The van der Waals surface area contributed by atoms with Gasteiger partial charge in [-0.15, -0.1) is 0 Å². The van der Waals surface area contributed by atoms with Crippen molar-refractivity contribution in [2.24, 2.45) is 0 Å². The third-order valence-electron chi connectivity index (χ3n) is 4.49. The van der Waals surface area contributed by atoms with Gasteiger partial charge < -0.3 is 35.2 Å². The molecule has 12 nitrogen and oxygen atoms in total. The fraction of sp³-hybridized carbons (Fsp3) is 0.444. The highest BCUT2D eigenvalue weighted by Crippen LogP contribution is 2.25. The normalized spacial score (nSPS) is 23.1. The number of aliphatic hydroxyl groups is 3. The van der Waals surface area contributed by atoms with Crippen LogP contribution in [-0.2, 0) is 24.3 Å². The van der Waals surface area contributed by atoms with Crippen LogP contribution in [0.1, 0.15) is 6.92 Å². The molecule has 1 heterocycles. The van der Waals surface area contributed by atoms with E-state index in [4.69, 9.17) is 14.6 Å². The van der Waals surface area contributed by atoms with Crippen LogP contribution in [0, 0.1) is 0 Å². The Kier molecular flexibility index (Phi) is 7.97. The summed E-state index contributed by atoms with van der Waals surface area (Å²) in [6, 6.07) is 2.65. The number of methoxy groups -OCH3 is 1. The number of aliphatic carboxylic acids is 1. The average Bonchev–Trinajstić information content (AvgIpc) is 2.73. The smallest absolute Gasteiger partial charge is 0.370 e. The van der Waals surface area contributed by atoms with E-state index in [-0.39, 0.29) is 4.90 Å². The number of nitrogens with one attached hydrogen (secondary N) is 2. The van der Waals surface area contributed by atoms with E-state index in [0.717, 1.165) is 13.0 Å². The molecule has 13 heteroatoms. The summed E-state index contributed by atoms with van der Waals surface area (Å²) in [7, 11) is -2.81. The van der Waals surface area contributed by atoms with Crippen molar-refractivity contribution in [3.63, 3.8) is 0 Å². The zero-order valence-corrected chi connectivity index (χ0v) is 17.4. The quantitative estimate of drug-likeness (QED) is 0.238. The second kappa shape index (κ2) is 10.1. The van der Waals surface area contributed by atoms with Gasteiger partial charge in [0.2, 0.25) is 21.7 Å². The number of hydrogen-bond acceptors (Lipinski definition) is 9. The number of rotatable bonds is 9. The molecular weight excluding hydrogens is 436 g/mol. The van der Waals surface area contributed by atoms with Crippen LogP contribution >= 0.6 is 0 Å². The number of ether oxygens (including phenoxy) is 2. The molecule has 172 valence electrons. The van der Waals surface area contributed by atoms with E-state index in [1.165, 1.54) is 31.4 Å². The van der Waals surface area contributed by atoms with Crippen LogP contribution in [0.4, 0.5) is 0 Å². The van der Waals surface area contributed by atoms with Crippen LogP contribution in [0.5, 0.6) is 5.75 Å². The molecule has 31 heavy (non-hydrogen) atoms. The summed E-state index contributed by atoms with van der Waals surface area (Å²) in [5, 5.41) is 40.9. The summed E-state index contributed by atoms with van der Waals surface area (Å²) in [5.74, 6) is -2.50. The van der Waals surface area contributed by atoms with E-state index in [9.17, 15) is 33.3 Å². The number of carboxylic acid groups (broad SMARTS) is 1. The Morgan fingerprint density at radius 3 is 2.32 bits per heavy atom. The predicted octanol–water partition coefficient (Wildman–Crippen LogP) is -2.07. The van der Waals surface area contributed by atoms with Crippen molar-refractivity contribution < 1.29 is 47.9 Å². The van der Waals surface area contributed by atoms with Crippen molar-refractivity contribution in [1.29, 1.82) is 0 Å². The van der Waals surface area contributed by atoms with Crippen molar-refractivity contribution in [1.82, 2.24) is 10.0 Å². The van der Waals surface area contributed by atoms with Crippen LogP contribution in [0.3, 0.4) is 0 Å². The lowest BCUT2D eigenvalue weighted by Crippen LogP contribution is -2.63. The molecule has 1 aromatic carbocycles. The van der Waals surface area contributed by atoms with Crippen molar-refractivity contribution in [3.05, 3.63) is 36.1 Å². The first-order chi connectivity index (χ1) is 14.5. The van der Waals surface area contributed by atoms with Gasteiger partial charge in [-0.05, 0) is 30.3 Å². The summed E-state index contributed by atoms with van der Waals surface area (Å²) < 4.78 is 38.1. The van der Waals surface area contributed by atoms with Gasteiger partial charge in [0.15, 0.2) is 0 Å². The number of amides is 1. The number of carboxylic acids is 1. The first-order valence-corrected chi connectivity index (χ1v) is 10.5. The summed E-state index contributed by atoms with van der Waals surface area (Å²) >= 11 is 0. The monoisotopic (exact) mass is 460 g/mol. The Bertz CT molecular complexity index is 931. The summed E-state index contributed by atoms with van der Waals surface area (Å²) in [6.45, 7) is 0.236. The van der Waals surface area contributed by atoms with Gasteiger partial charge >= 0.3 is 5.97 Å². The average molecular weight is 460 g/mol. The predicted molar refractivity (Wildman–Crippen MR) is 104 cm³/mol. The SMILES string of the molecule is COc1ccc(S(=O)(=O)N[C@H]2C=C(C(=O)O)O[C@@H]([C@H](O)C(O)CO)[C@@H]2NC(C)=O)cc1. The molecule has 1 unspecified atom stereocenters. The Morgan fingerprint density at radius 2 is 1.84 bits per heavy atom. The standard InChI is InChI=1S/C18H24N2O10S/c1-9(22)19-15-12(20-31(27,28)11-5-3-10(29-2)4-6-11)7-14(18(25)26)30-17(15)16(24)13(23)8-21/h3-7,12-13,15-17,20-21,23-24H,8H2,1-2H3,(H,19,22)(H,25,26)/t12-,13?,15+,16+,17+/m0/s1. The van der Waals surface area contributed by atoms with E-state index in [1.807, 2.05) is 0 Å². The van der Waals surface area contributed by atoms with E-state index in [1.54, 1.807) is 0 Å². The molecule has 1 aromatic rings. The second-order valence-corrected chi connectivity index (χ2v) is 8.42. The van der Waals surface area contributed by atoms with Crippen molar-refractivity contribution in [3.8, 4) is 5.75 Å². The molecule has 0 saturated heterocycles.